The molecule has 0 N–H and O–H groups in total. The predicted molar refractivity (Wildman–Crippen MR) is 124 cm³/mol. The van der Waals surface area contributed by atoms with Crippen molar-refractivity contribution in [1.29, 1.82) is 0 Å². The topological polar surface area (TPSA) is 17.1 Å². The van der Waals surface area contributed by atoms with Crippen LogP contribution in [0.1, 0.15) is 17.3 Å². The van der Waals surface area contributed by atoms with E-state index in [1.54, 1.807) is 6.92 Å². The highest BCUT2D eigenvalue weighted by Crippen LogP contribution is 2.78. The lowest BCUT2D eigenvalue weighted by Gasteiger charge is -2.40. The second-order valence-corrected chi connectivity index (χ2v) is 11.8. The van der Waals surface area contributed by atoms with Crippen LogP contribution < -0.4 is 0 Å². The molecule has 0 aliphatic carbocycles. The van der Waals surface area contributed by atoms with Crippen molar-refractivity contribution in [2.24, 2.45) is 0 Å². The van der Waals surface area contributed by atoms with Crippen molar-refractivity contribution in [3.63, 3.8) is 0 Å². The normalized spacial score (nSPS) is 11.8. The average molecular weight is 415 g/mol. The van der Waals surface area contributed by atoms with Gasteiger partial charge in [0.1, 0.15) is 0 Å². The van der Waals surface area contributed by atoms with Crippen LogP contribution in [-0.4, -0.2) is 5.78 Å². The fourth-order valence-electron chi connectivity index (χ4n) is 3.28. The third-order valence-electron chi connectivity index (χ3n) is 4.71. The van der Waals surface area contributed by atoms with Crippen molar-refractivity contribution in [2.45, 2.75) is 26.5 Å². The zero-order chi connectivity index (χ0) is 20.1. The number of carbonyl (C=O) groups is 1. The van der Waals surface area contributed by atoms with E-state index in [1.165, 1.54) is 14.7 Å². The fourth-order valence-corrected chi connectivity index (χ4v) is 9.61. The molecule has 0 aliphatic rings. The molecule has 0 saturated heterocycles. The van der Waals surface area contributed by atoms with Gasteiger partial charge in [0.2, 0.25) is 0 Å². The first-order chi connectivity index (χ1) is 14.2. The van der Waals surface area contributed by atoms with E-state index in [0.29, 0.717) is 0 Å². The Bertz CT molecular complexity index is 979. The SMILES string of the molecule is CC(=O)c1ccc(SS(c2ccccc2)(c2ccccc2)c2ccccc2)cc1. The van der Waals surface area contributed by atoms with E-state index in [0.717, 1.165) is 10.5 Å². The Kier molecular flexibility index (Phi) is 5.89. The van der Waals surface area contributed by atoms with E-state index in [-0.39, 0.29) is 5.78 Å². The minimum absolute atomic E-state index is 0.0920. The molecule has 0 radical (unpaired) electrons. The third kappa shape index (κ3) is 4.02. The van der Waals surface area contributed by atoms with Crippen molar-refractivity contribution in [1.82, 2.24) is 0 Å². The molecule has 0 amide bonds. The Morgan fingerprint density at radius 3 is 1.31 bits per heavy atom. The van der Waals surface area contributed by atoms with Crippen molar-refractivity contribution in [3.05, 3.63) is 121 Å². The quantitative estimate of drug-likeness (QED) is 0.236. The van der Waals surface area contributed by atoms with Gasteiger partial charge in [-0.3, -0.25) is 4.79 Å². The first kappa shape index (κ1) is 19.6. The number of Topliss-reactive ketones (excluding diaryl/α,β-unsaturated/α-hetero) is 1. The maximum Gasteiger partial charge on any atom is 0.159 e. The number of carbonyl (C=O) groups excluding carboxylic acids is 1. The van der Waals surface area contributed by atoms with E-state index in [4.69, 9.17) is 0 Å². The smallest absolute Gasteiger partial charge is 0.159 e. The van der Waals surface area contributed by atoms with E-state index in [2.05, 4.69) is 103 Å². The summed E-state index contributed by atoms with van der Waals surface area (Å²) in [5, 5.41) is 0. The van der Waals surface area contributed by atoms with Gasteiger partial charge in [0.25, 0.3) is 0 Å². The Balaban J connectivity index is 1.93. The molecule has 0 bridgehead atoms. The molecule has 0 aromatic heterocycles. The molecule has 0 aliphatic heterocycles. The summed E-state index contributed by atoms with van der Waals surface area (Å²) in [6.07, 6.45) is 0. The summed E-state index contributed by atoms with van der Waals surface area (Å²) in [5.74, 6) is 0.0920. The molecular weight excluding hydrogens is 392 g/mol. The molecule has 0 unspecified atom stereocenters. The van der Waals surface area contributed by atoms with Crippen LogP contribution in [0.5, 0.6) is 0 Å². The van der Waals surface area contributed by atoms with Gasteiger partial charge in [0, 0.05) is 25.1 Å². The number of hydrogen-bond donors (Lipinski definition) is 0. The van der Waals surface area contributed by atoms with Gasteiger partial charge in [0.05, 0.1) is 0 Å². The molecule has 144 valence electrons. The summed E-state index contributed by atoms with van der Waals surface area (Å²) in [4.78, 5) is 16.8. The molecule has 4 aromatic rings. The van der Waals surface area contributed by atoms with Crippen LogP contribution in [0.25, 0.3) is 0 Å². The summed E-state index contributed by atoms with van der Waals surface area (Å²) in [6, 6.07) is 40.2. The summed E-state index contributed by atoms with van der Waals surface area (Å²) in [5.41, 5.74) is 0.745. The van der Waals surface area contributed by atoms with Gasteiger partial charge in [-0.05, 0) is 55.5 Å². The maximum atomic E-state index is 11.7. The number of rotatable bonds is 6. The molecule has 3 heteroatoms. The molecule has 29 heavy (non-hydrogen) atoms. The first-order valence-corrected chi connectivity index (χ1v) is 12.5. The van der Waals surface area contributed by atoms with Gasteiger partial charge in [0.15, 0.2) is 5.78 Å². The molecule has 1 nitrogen and oxygen atoms in total. The van der Waals surface area contributed by atoms with E-state index in [1.807, 2.05) is 22.9 Å². The van der Waals surface area contributed by atoms with Crippen LogP contribution in [0.3, 0.4) is 0 Å². The van der Waals surface area contributed by atoms with Crippen LogP contribution in [-0.2, 0) is 0 Å². The Morgan fingerprint density at radius 1 is 0.586 bits per heavy atom. The van der Waals surface area contributed by atoms with Crippen LogP contribution in [0.2, 0.25) is 0 Å². The Labute approximate surface area is 177 Å². The number of hydrogen-bond acceptors (Lipinski definition) is 2. The highest BCUT2D eigenvalue weighted by Gasteiger charge is 2.32. The van der Waals surface area contributed by atoms with Gasteiger partial charge in [-0.1, -0.05) is 77.5 Å². The van der Waals surface area contributed by atoms with Gasteiger partial charge in [-0.15, -0.1) is 9.06 Å². The fraction of sp³-hybridized carbons (Fsp3) is 0.0385. The lowest BCUT2D eigenvalue weighted by atomic mass is 10.2. The van der Waals surface area contributed by atoms with Crippen LogP contribution in [0, 0.1) is 0 Å². The van der Waals surface area contributed by atoms with Crippen molar-refractivity contribution < 1.29 is 4.79 Å². The van der Waals surface area contributed by atoms with Crippen LogP contribution in [0.15, 0.2) is 135 Å². The lowest BCUT2D eigenvalue weighted by Crippen LogP contribution is -2.00. The van der Waals surface area contributed by atoms with Gasteiger partial charge < -0.3 is 0 Å². The first-order valence-electron chi connectivity index (χ1n) is 9.49. The second kappa shape index (κ2) is 8.73. The Morgan fingerprint density at radius 2 is 0.966 bits per heavy atom. The van der Waals surface area contributed by atoms with E-state index >= 15 is 0 Å². The summed E-state index contributed by atoms with van der Waals surface area (Å²) in [7, 11) is 0.301. The summed E-state index contributed by atoms with van der Waals surface area (Å²) >= 11 is 0. The monoisotopic (exact) mass is 414 g/mol. The zero-order valence-electron chi connectivity index (χ0n) is 16.2. The second-order valence-electron chi connectivity index (χ2n) is 6.66. The molecule has 0 saturated carbocycles. The standard InChI is InChI=1S/C26H22OS2/c1-21(27)22-17-19-23(20-18-22)28-29(24-11-5-2-6-12-24,25-13-7-3-8-14-25)26-15-9-4-10-16-26/h2-20H,1H3. The molecule has 0 fully saturated rings. The molecule has 0 atom stereocenters. The summed E-state index contributed by atoms with van der Waals surface area (Å²) in [6.45, 7) is 1.61. The Hall–Kier alpha value is -2.75. The highest BCUT2D eigenvalue weighted by atomic mass is 33.2. The van der Waals surface area contributed by atoms with Gasteiger partial charge in [-0.25, -0.2) is 0 Å². The van der Waals surface area contributed by atoms with Crippen LogP contribution >= 0.6 is 19.9 Å². The predicted octanol–water partition coefficient (Wildman–Crippen LogP) is 7.88. The molecule has 4 aromatic carbocycles. The lowest BCUT2D eigenvalue weighted by molar-refractivity contribution is 0.101. The van der Waals surface area contributed by atoms with E-state index in [9.17, 15) is 4.79 Å². The van der Waals surface area contributed by atoms with Crippen LogP contribution in [0.4, 0.5) is 0 Å². The highest BCUT2D eigenvalue weighted by molar-refractivity contribution is 8.94. The summed E-state index contributed by atoms with van der Waals surface area (Å²) < 4.78 is 0. The molecule has 0 heterocycles. The zero-order valence-corrected chi connectivity index (χ0v) is 17.8. The average Bonchev–Trinajstić information content (AvgIpc) is 2.79. The van der Waals surface area contributed by atoms with Crippen molar-refractivity contribution >= 4 is 25.6 Å². The molecule has 4 rings (SSSR count). The van der Waals surface area contributed by atoms with Crippen molar-refractivity contribution in [2.75, 3.05) is 0 Å². The minimum Gasteiger partial charge on any atom is -0.295 e. The number of benzene rings is 4. The van der Waals surface area contributed by atoms with Gasteiger partial charge in [-0.2, -0.15) is 0 Å². The number of ketones is 1. The maximum absolute atomic E-state index is 11.7. The minimum atomic E-state index is -1.59. The van der Waals surface area contributed by atoms with E-state index < -0.39 is 9.06 Å². The molecular formula is C26H22OS2. The van der Waals surface area contributed by atoms with Gasteiger partial charge >= 0.3 is 0 Å². The third-order valence-corrected chi connectivity index (χ3v) is 11.3. The molecule has 0 spiro atoms. The van der Waals surface area contributed by atoms with Crippen molar-refractivity contribution in [3.8, 4) is 0 Å². The largest absolute Gasteiger partial charge is 0.295 e.